The van der Waals surface area contributed by atoms with E-state index in [2.05, 4.69) is 19.1 Å². The van der Waals surface area contributed by atoms with Gasteiger partial charge < -0.3 is 9.84 Å². The van der Waals surface area contributed by atoms with Crippen LogP contribution in [0.15, 0.2) is 30.3 Å². The van der Waals surface area contributed by atoms with E-state index < -0.39 is 0 Å². The Morgan fingerprint density at radius 2 is 2.13 bits per heavy atom. The summed E-state index contributed by atoms with van der Waals surface area (Å²) in [6, 6.07) is 10.1. The van der Waals surface area contributed by atoms with Gasteiger partial charge in [0.25, 0.3) is 0 Å². The first-order chi connectivity index (χ1) is 7.25. The SMILES string of the molecule is CC1CC(C(O)Cc2ccccc2)CO1. The second kappa shape index (κ2) is 4.77. The van der Waals surface area contributed by atoms with Crippen molar-refractivity contribution in [3.05, 3.63) is 35.9 Å². The molecule has 0 radical (unpaired) electrons. The third-order valence-corrected chi connectivity index (χ3v) is 3.06. The van der Waals surface area contributed by atoms with E-state index in [0.29, 0.717) is 18.6 Å². The minimum atomic E-state index is -0.266. The highest BCUT2D eigenvalue weighted by atomic mass is 16.5. The Labute approximate surface area is 90.9 Å². The van der Waals surface area contributed by atoms with Crippen LogP contribution in [0.4, 0.5) is 0 Å². The predicted molar refractivity (Wildman–Crippen MR) is 59.7 cm³/mol. The van der Waals surface area contributed by atoms with Crippen molar-refractivity contribution in [2.45, 2.75) is 32.0 Å². The van der Waals surface area contributed by atoms with E-state index in [0.717, 1.165) is 12.8 Å². The van der Waals surface area contributed by atoms with Crippen LogP contribution in [-0.2, 0) is 11.2 Å². The van der Waals surface area contributed by atoms with E-state index in [1.54, 1.807) is 0 Å². The van der Waals surface area contributed by atoms with Gasteiger partial charge in [0.2, 0.25) is 0 Å². The molecule has 1 N–H and O–H groups in total. The Balaban J connectivity index is 1.90. The lowest BCUT2D eigenvalue weighted by molar-refractivity contribution is 0.0807. The van der Waals surface area contributed by atoms with Crippen LogP contribution in [-0.4, -0.2) is 23.9 Å². The largest absolute Gasteiger partial charge is 0.392 e. The van der Waals surface area contributed by atoms with Gasteiger partial charge in [0.05, 0.1) is 18.8 Å². The lowest BCUT2D eigenvalue weighted by atomic mass is 9.94. The molecule has 0 bridgehead atoms. The van der Waals surface area contributed by atoms with Crippen molar-refractivity contribution in [2.75, 3.05) is 6.61 Å². The maximum Gasteiger partial charge on any atom is 0.0631 e. The fraction of sp³-hybridized carbons (Fsp3) is 0.538. The molecule has 3 atom stereocenters. The topological polar surface area (TPSA) is 29.5 Å². The molecule has 1 aliphatic heterocycles. The number of ether oxygens (including phenoxy) is 1. The van der Waals surface area contributed by atoms with Crippen molar-refractivity contribution >= 4 is 0 Å². The van der Waals surface area contributed by atoms with Crippen molar-refractivity contribution in [1.29, 1.82) is 0 Å². The molecule has 2 heteroatoms. The van der Waals surface area contributed by atoms with E-state index in [-0.39, 0.29) is 6.10 Å². The van der Waals surface area contributed by atoms with Gasteiger partial charge in [-0.1, -0.05) is 30.3 Å². The molecule has 15 heavy (non-hydrogen) atoms. The maximum atomic E-state index is 10.0. The smallest absolute Gasteiger partial charge is 0.0631 e. The van der Waals surface area contributed by atoms with Crippen LogP contribution in [0, 0.1) is 5.92 Å². The average Bonchev–Trinajstić information content (AvgIpc) is 2.66. The quantitative estimate of drug-likeness (QED) is 0.819. The van der Waals surface area contributed by atoms with Crippen LogP contribution < -0.4 is 0 Å². The number of aliphatic hydroxyl groups excluding tert-OH is 1. The summed E-state index contributed by atoms with van der Waals surface area (Å²) in [4.78, 5) is 0. The van der Waals surface area contributed by atoms with Gasteiger partial charge in [-0.25, -0.2) is 0 Å². The summed E-state index contributed by atoms with van der Waals surface area (Å²) in [5, 5.41) is 10.0. The molecule has 2 nitrogen and oxygen atoms in total. The second-order valence-corrected chi connectivity index (χ2v) is 4.40. The molecule has 2 rings (SSSR count). The minimum absolute atomic E-state index is 0.266. The number of hydrogen-bond donors (Lipinski definition) is 1. The van der Waals surface area contributed by atoms with Crippen LogP contribution in [0.2, 0.25) is 0 Å². The molecule has 1 aromatic rings. The predicted octanol–water partition coefficient (Wildman–Crippen LogP) is 2.01. The molecule has 0 spiro atoms. The number of benzene rings is 1. The van der Waals surface area contributed by atoms with Gasteiger partial charge >= 0.3 is 0 Å². The molecule has 1 fully saturated rings. The van der Waals surface area contributed by atoms with Crippen LogP contribution in [0.25, 0.3) is 0 Å². The Morgan fingerprint density at radius 1 is 1.40 bits per heavy atom. The highest BCUT2D eigenvalue weighted by Gasteiger charge is 2.28. The molecular formula is C13H18O2. The van der Waals surface area contributed by atoms with E-state index >= 15 is 0 Å². The molecule has 0 aliphatic carbocycles. The Kier molecular flexibility index (Phi) is 3.39. The number of rotatable bonds is 3. The fourth-order valence-corrected chi connectivity index (χ4v) is 2.14. The molecule has 82 valence electrons. The monoisotopic (exact) mass is 206 g/mol. The van der Waals surface area contributed by atoms with Gasteiger partial charge in [0.1, 0.15) is 0 Å². The van der Waals surface area contributed by atoms with Crippen molar-refractivity contribution in [3.63, 3.8) is 0 Å². The van der Waals surface area contributed by atoms with Gasteiger partial charge in [0.15, 0.2) is 0 Å². The minimum Gasteiger partial charge on any atom is -0.392 e. The Bertz CT molecular complexity index is 297. The molecule has 3 unspecified atom stereocenters. The normalized spacial score (nSPS) is 27.9. The van der Waals surface area contributed by atoms with Gasteiger partial charge in [-0.3, -0.25) is 0 Å². The van der Waals surface area contributed by atoms with E-state index in [1.165, 1.54) is 5.56 Å². The summed E-state index contributed by atoms with van der Waals surface area (Å²) < 4.78 is 5.46. The van der Waals surface area contributed by atoms with Crippen LogP contribution in [0.1, 0.15) is 18.9 Å². The molecule has 0 amide bonds. The summed E-state index contributed by atoms with van der Waals surface area (Å²) >= 11 is 0. The molecule has 0 aromatic heterocycles. The first-order valence-electron chi connectivity index (χ1n) is 5.59. The second-order valence-electron chi connectivity index (χ2n) is 4.40. The average molecular weight is 206 g/mol. The number of hydrogen-bond acceptors (Lipinski definition) is 2. The van der Waals surface area contributed by atoms with Crippen LogP contribution in [0.5, 0.6) is 0 Å². The highest BCUT2D eigenvalue weighted by molar-refractivity contribution is 5.15. The third kappa shape index (κ3) is 2.80. The molecule has 1 saturated heterocycles. The Morgan fingerprint density at radius 3 is 2.73 bits per heavy atom. The molecule has 0 saturated carbocycles. The zero-order valence-corrected chi connectivity index (χ0v) is 9.10. The lowest BCUT2D eigenvalue weighted by Gasteiger charge is -2.16. The van der Waals surface area contributed by atoms with Gasteiger partial charge in [-0.2, -0.15) is 0 Å². The van der Waals surface area contributed by atoms with Crippen molar-refractivity contribution in [3.8, 4) is 0 Å². The molecular weight excluding hydrogens is 188 g/mol. The summed E-state index contributed by atoms with van der Waals surface area (Å²) in [7, 11) is 0. The third-order valence-electron chi connectivity index (χ3n) is 3.06. The molecule has 1 aromatic carbocycles. The summed E-state index contributed by atoms with van der Waals surface area (Å²) in [5.74, 6) is 0.306. The standard InChI is InChI=1S/C13H18O2/c1-10-7-12(9-15-10)13(14)8-11-5-3-2-4-6-11/h2-6,10,12-14H,7-9H2,1H3. The summed E-state index contributed by atoms with van der Waals surface area (Å²) in [6.07, 6.45) is 1.76. The van der Waals surface area contributed by atoms with E-state index in [1.807, 2.05) is 18.2 Å². The van der Waals surface area contributed by atoms with Crippen molar-refractivity contribution < 1.29 is 9.84 Å². The first kappa shape index (κ1) is 10.7. The highest BCUT2D eigenvalue weighted by Crippen LogP contribution is 2.24. The van der Waals surface area contributed by atoms with Gasteiger partial charge in [-0.15, -0.1) is 0 Å². The maximum absolute atomic E-state index is 10.0. The zero-order valence-electron chi connectivity index (χ0n) is 9.10. The van der Waals surface area contributed by atoms with Crippen molar-refractivity contribution in [2.24, 2.45) is 5.92 Å². The van der Waals surface area contributed by atoms with E-state index in [9.17, 15) is 5.11 Å². The Hall–Kier alpha value is -0.860. The first-order valence-corrected chi connectivity index (χ1v) is 5.59. The van der Waals surface area contributed by atoms with Gasteiger partial charge in [-0.05, 0) is 25.3 Å². The van der Waals surface area contributed by atoms with Crippen molar-refractivity contribution in [1.82, 2.24) is 0 Å². The zero-order chi connectivity index (χ0) is 10.7. The van der Waals surface area contributed by atoms with E-state index in [4.69, 9.17) is 4.74 Å². The van der Waals surface area contributed by atoms with Crippen LogP contribution in [0.3, 0.4) is 0 Å². The fourth-order valence-electron chi connectivity index (χ4n) is 2.14. The summed E-state index contributed by atoms with van der Waals surface area (Å²) in [5.41, 5.74) is 1.20. The number of aliphatic hydroxyl groups is 1. The van der Waals surface area contributed by atoms with Crippen LogP contribution >= 0.6 is 0 Å². The summed E-state index contributed by atoms with van der Waals surface area (Å²) in [6.45, 7) is 2.77. The van der Waals surface area contributed by atoms with Gasteiger partial charge in [0, 0.05) is 5.92 Å². The molecule has 1 heterocycles. The molecule has 1 aliphatic rings. The lowest BCUT2D eigenvalue weighted by Crippen LogP contribution is -2.23.